The van der Waals surface area contributed by atoms with Crippen molar-refractivity contribution in [1.82, 2.24) is 14.7 Å². The number of halogens is 7. The van der Waals surface area contributed by atoms with E-state index in [2.05, 4.69) is 0 Å². The van der Waals surface area contributed by atoms with Gasteiger partial charge >= 0.3 is 12.4 Å². The number of hydrogen-bond donors (Lipinski definition) is 0. The van der Waals surface area contributed by atoms with Crippen LogP contribution >= 0.6 is 11.6 Å². The smallest absolute Gasteiger partial charge is 0.338 e. The number of piperidine rings is 1. The first-order valence-electron chi connectivity index (χ1n) is 11.1. The van der Waals surface area contributed by atoms with Gasteiger partial charge in [-0.1, -0.05) is 17.7 Å². The number of likely N-dealkylation sites (N-methyl/N-ethyl adjacent to an activating group) is 1. The molecule has 0 N–H and O–H groups in total. The van der Waals surface area contributed by atoms with Gasteiger partial charge in [-0.05, 0) is 49.2 Å². The minimum atomic E-state index is -5.09. The van der Waals surface area contributed by atoms with E-state index in [-0.39, 0.29) is 50.1 Å². The third-order valence-electron chi connectivity index (χ3n) is 6.64. The Morgan fingerprint density at radius 3 is 1.95 bits per heavy atom. The van der Waals surface area contributed by atoms with Crippen LogP contribution in [-0.2, 0) is 17.1 Å². The second kappa shape index (κ2) is 9.23. The number of amides is 3. The average molecular weight is 548 g/mol. The summed E-state index contributed by atoms with van der Waals surface area (Å²) in [5, 5.41) is 0.318. The number of carbonyl (C=O) groups is 3. The molecule has 2 aliphatic heterocycles. The van der Waals surface area contributed by atoms with Crippen LogP contribution in [-0.4, -0.2) is 64.8 Å². The van der Waals surface area contributed by atoms with Crippen molar-refractivity contribution >= 4 is 29.3 Å². The Hall–Kier alpha value is -3.28. The van der Waals surface area contributed by atoms with E-state index >= 15 is 0 Å². The summed E-state index contributed by atoms with van der Waals surface area (Å²) >= 11 is 5.99. The zero-order valence-corrected chi connectivity index (χ0v) is 20.0. The SMILES string of the molecule is CN1CN(C(=O)c2cccc(Cl)c2)C2(CCN(C(=O)c3cc(C(F)(F)F)cc(C(F)(F)F)c3)CC2)C1=O. The van der Waals surface area contributed by atoms with E-state index in [1.54, 1.807) is 12.1 Å². The minimum absolute atomic E-state index is 0.0271. The highest BCUT2D eigenvalue weighted by Crippen LogP contribution is 2.39. The Balaban J connectivity index is 1.60. The predicted molar refractivity (Wildman–Crippen MR) is 120 cm³/mol. The molecular weight excluding hydrogens is 528 g/mol. The van der Waals surface area contributed by atoms with Crippen molar-refractivity contribution in [3.05, 3.63) is 69.7 Å². The summed E-state index contributed by atoms with van der Waals surface area (Å²) < 4.78 is 79.4. The van der Waals surface area contributed by atoms with Crippen LogP contribution in [0.3, 0.4) is 0 Å². The van der Waals surface area contributed by atoms with Gasteiger partial charge in [0.25, 0.3) is 11.8 Å². The van der Waals surface area contributed by atoms with Crippen molar-refractivity contribution < 1.29 is 40.7 Å². The lowest BCUT2D eigenvalue weighted by atomic mass is 9.85. The van der Waals surface area contributed by atoms with E-state index in [1.807, 2.05) is 0 Å². The van der Waals surface area contributed by atoms with Gasteiger partial charge in [0.2, 0.25) is 5.91 Å². The van der Waals surface area contributed by atoms with Crippen molar-refractivity contribution in [3.8, 4) is 0 Å². The summed E-state index contributed by atoms with van der Waals surface area (Å²) in [7, 11) is 1.51. The molecule has 0 unspecified atom stereocenters. The maximum absolute atomic E-state index is 13.3. The molecule has 2 heterocycles. The Bertz CT molecular complexity index is 1220. The third kappa shape index (κ3) is 4.98. The molecule has 198 valence electrons. The Morgan fingerprint density at radius 2 is 1.43 bits per heavy atom. The van der Waals surface area contributed by atoms with Gasteiger partial charge in [0.05, 0.1) is 17.8 Å². The molecule has 2 aromatic rings. The van der Waals surface area contributed by atoms with Crippen molar-refractivity contribution in [1.29, 1.82) is 0 Å². The molecule has 3 amide bonds. The van der Waals surface area contributed by atoms with Gasteiger partial charge in [0, 0.05) is 36.3 Å². The molecule has 0 bridgehead atoms. The predicted octanol–water partition coefficient (Wildman–Crippen LogP) is 4.92. The zero-order chi connectivity index (χ0) is 27.3. The molecule has 2 fully saturated rings. The number of alkyl halides is 6. The molecule has 4 rings (SSSR count). The molecule has 37 heavy (non-hydrogen) atoms. The lowest BCUT2D eigenvalue weighted by Crippen LogP contribution is -2.58. The van der Waals surface area contributed by atoms with Crippen LogP contribution in [0.25, 0.3) is 0 Å². The maximum Gasteiger partial charge on any atom is 0.416 e. The van der Waals surface area contributed by atoms with Crippen molar-refractivity contribution in [2.45, 2.75) is 30.7 Å². The second-order valence-electron chi connectivity index (χ2n) is 9.01. The van der Waals surface area contributed by atoms with Gasteiger partial charge in [0.1, 0.15) is 5.54 Å². The van der Waals surface area contributed by atoms with Gasteiger partial charge in [0.15, 0.2) is 0 Å². The molecule has 6 nitrogen and oxygen atoms in total. The van der Waals surface area contributed by atoms with Gasteiger partial charge in [-0.2, -0.15) is 26.3 Å². The molecule has 0 atom stereocenters. The largest absolute Gasteiger partial charge is 0.416 e. The fraction of sp³-hybridized carbons (Fsp3) is 0.375. The molecule has 2 saturated heterocycles. The first-order chi connectivity index (χ1) is 17.1. The van der Waals surface area contributed by atoms with E-state index in [0.29, 0.717) is 17.2 Å². The van der Waals surface area contributed by atoms with E-state index in [0.717, 1.165) is 4.90 Å². The Labute approximate surface area is 212 Å². The van der Waals surface area contributed by atoms with Gasteiger partial charge in [-0.15, -0.1) is 0 Å². The molecule has 0 aromatic heterocycles. The van der Waals surface area contributed by atoms with E-state index in [9.17, 15) is 40.7 Å². The molecule has 0 aliphatic carbocycles. The first-order valence-corrected chi connectivity index (χ1v) is 11.4. The molecular formula is C24H20ClF6N3O3. The molecule has 1 spiro atoms. The van der Waals surface area contributed by atoms with Crippen LogP contribution in [0.2, 0.25) is 5.02 Å². The fourth-order valence-corrected chi connectivity index (χ4v) is 4.93. The molecule has 13 heteroatoms. The summed E-state index contributed by atoms with van der Waals surface area (Å²) in [6.07, 6.45) is -10.3. The number of nitrogens with zero attached hydrogens (tertiary/aromatic N) is 3. The summed E-state index contributed by atoms with van der Waals surface area (Å²) in [6.45, 7) is -0.342. The van der Waals surface area contributed by atoms with Gasteiger partial charge in [-0.3, -0.25) is 14.4 Å². The zero-order valence-electron chi connectivity index (χ0n) is 19.3. The summed E-state index contributed by atoms with van der Waals surface area (Å²) in [5.74, 6) is -1.86. The molecule has 0 radical (unpaired) electrons. The normalized spacial score (nSPS) is 18.1. The topological polar surface area (TPSA) is 60.9 Å². The highest BCUT2D eigenvalue weighted by atomic mass is 35.5. The fourth-order valence-electron chi connectivity index (χ4n) is 4.74. The Morgan fingerprint density at radius 1 is 0.865 bits per heavy atom. The monoisotopic (exact) mass is 547 g/mol. The third-order valence-corrected chi connectivity index (χ3v) is 6.88. The Kier molecular flexibility index (Phi) is 6.68. The standard InChI is InChI=1S/C24H20ClF6N3O3/c1-32-13-34(20(36)14-3-2-4-18(25)11-14)22(21(32)37)5-7-33(8-6-22)19(35)15-9-16(23(26,27)28)12-17(10-15)24(29,30)31/h2-4,9-12H,5-8,13H2,1H3. The number of rotatable bonds is 2. The van der Waals surface area contributed by atoms with Crippen molar-refractivity contribution in [2.24, 2.45) is 0 Å². The number of hydrogen-bond acceptors (Lipinski definition) is 3. The number of likely N-dealkylation sites (tertiary alicyclic amines) is 1. The second-order valence-corrected chi connectivity index (χ2v) is 9.44. The molecule has 2 aliphatic rings. The maximum atomic E-state index is 13.3. The summed E-state index contributed by atoms with van der Waals surface area (Å²) in [5.41, 5.74) is -5.01. The lowest BCUT2D eigenvalue weighted by Gasteiger charge is -2.42. The quantitative estimate of drug-likeness (QED) is 0.501. The highest BCUT2D eigenvalue weighted by Gasteiger charge is 2.55. The van der Waals surface area contributed by atoms with E-state index in [4.69, 9.17) is 11.6 Å². The lowest BCUT2D eigenvalue weighted by molar-refractivity contribution is -0.143. The average Bonchev–Trinajstić information content (AvgIpc) is 3.07. The van der Waals surface area contributed by atoms with Crippen LogP contribution in [0.4, 0.5) is 26.3 Å². The van der Waals surface area contributed by atoms with Crippen molar-refractivity contribution in [3.63, 3.8) is 0 Å². The summed E-state index contributed by atoms with van der Waals surface area (Å²) in [4.78, 5) is 43.2. The number of benzene rings is 2. The molecule has 2 aromatic carbocycles. The highest BCUT2D eigenvalue weighted by molar-refractivity contribution is 6.31. The number of carbonyl (C=O) groups excluding carboxylic acids is 3. The van der Waals surface area contributed by atoms with Crippen molar-refractivity contribution in [2.75, 3.05) is 26.8 Å². The minimum Gasteiger partial charge on any atom is -0.338 e. The van der Waals surface area contributed by atoms with Crippen LogP contribution < -0.4 is 0 Å². The molecule has 0 saturated carbocycles. The first kappa shape index (κ1) is 26.8. The van der Waals surface area contributed by atoms with Gasteiger partial charge < -0.3 is 14.7 Å². The summed E-state index contributed by atoms with van der Waals surface area (Å²) in [6, 6.07) is 6.86. The van der Waals surface area contributed by atoms with Crippen LogP contribution in [0.15, 0.2) is 42.5 Å². The van der Waals surface area contributed by atoms with Gasteiger partial charge in [-0.25, -0.2) is 0 Å². The van der Waals surface area contributed by atoms with Crippen LogP contribution in [0.1, 0.15) is 44.7 Å². The van der Waals surface area contributed by atoms with E-state index < -0.39 is 46.4 Å². The van der Waals surface area contributed by atoms with Crippen LogP contribution in [0.5, 0.6) is 0 Å². The van der Waals surface area contributed by atoms with E-state index in [1.165, 1.54) is 29.0 Å². The van der Waals surface area contributed by atoms with Crippen LogP contribution in [0, 0.1) is 0 Å².